The maximum atomic E-state index is 12.6. The van der Waals surface area contributed by atoms with Gasteiger partial charge in [0, 0.05) is 92.3 Å². The molecule has 0 spiro atoms. The Labute approximate surface area is 228 Å². The quantitative estimate of drug-likeness (QED) is 0.263. The predicted octanol–water partition coefficient (Wildman–Crippen LogP) is 3.60. The van der Waals surface area contributed by atoms with E-state index in [0.29, 0.717) is 13.2 Å². The van der Waals surface area contributed by atoms with Gasteiger partial charge < -0.3 is 15.0 Å². The molecular weight excluding hydrogens is 492 g/mol. The number of aryl methyl sites for hydroxylation is 1. The SMILES string of the molecule is CN=Cc1cnn2cc(-c3cnn(C)c3)cc(-c3ccc(N4CCC(C(=O)NCCOC(C)C)CC4)nc3)c12. The highest BCUT2D eigenvalue weighted by molar-refractivity contribution is 5.97. The Hall–Kier alpha value is -4.05. The van der Waals surface area contributed by atoms with Crippen molar-refractivity contribution in [2.45, 2.75) is 32.8 Å². The second-order valence-electron chi connectivity index (χ2n) is 10.2. The van der Waals surface area contributed by atoms with Gasteiger partial charge in [0.15, 0.2) is 0 Å². The number of pyridine rings is 2. The summed E-state index contributed by atoms with van der Waals surface area (Å²) in [7, 11) is 3.67. The number of nitrogens with zero attached hydrogens (tertiary/aromatic N) is 7. The zero-order valence-electron chi connectivity index (χ0n) is 23.0. The number of hydrogen-bond acceptors (Lipinski definition) is 7. The van der Waals surface area contributed by atoms with Gasteiger partial charge in [0.25, 0.3) is 0 Å². The lowest BCUT2D eigenvalue weighted by molar-refractivity contribution is -0.125. The van der Waals surface area contributed by atoms with Crippen molar-refractivity contribution >= 4 is 23.5 Å². The molecule has 5 rings (SSSR count). The number of aromatic nitrogens is 5. The molecular formula is C29H36N8O2. The Morgan fingerprint density at radius 1 is 1.13 bits per heavy atom. The summed E-state index contributed by atoms with van der Waals surface area (Å²) in [6, 6.07) is 6.34. The molecule has 1 aliphatic heterocycles. The number of ether oxygens (including phenoxy) is 1. The largest absolute Gasteiger partial charge is 0.377 e. The van der Waals surface area contributed by atoms with Gasteiger partial charge in [0.1, 0.15) is 5.82 Å². The Morgan fingerprint density at radius 2 is 1.95 bits per heavy atom. The van der Waals surface area contributed by atoms with E-state index in [0.717, 1.165) is 65.1 Å². The smallest absolute Gasteiger partial charge is 0.223 e. The molecule has 204 valence electrons. The van der Waals surface area contributed by atoms with Crippen LogP contribution < -0.4 is 10.2 Å². The summed E-state index contributed by atoms with van der Waals surface area (Å²) in [6.07, 6.45) is 13.2. The maximum Gasteiger partial charge on any atom is 0.223 e. The third-order valence-corrected chi connectivity index (χ3v) is 7.05. The van der Waals surface area contributed by atoms with E-state index in [1.807, 2.05) is 62.6 Å². The van der Waals surface area contributed by atoms with Crippen LogP contribution in [0.4, 0.5) is 5.82 Å². The van der Waals surface area contributed by atoms with Crippen molar-refractivity contribution in [1.29, 1.82) is 0 Å². The normalized spacial score (nSPS) is 14.6. The Kier molecular flexibility index (Phi) is 8.02. The summed E-state index contributed by atoms with van der Waals surface area (Å²) < 4.78 is 9.21. The fourth-order valence-electron chi connectivity index (χ4n) is 5.04. The van der Waals surface area contributed by atoms with Crippen molar-refractivity contribution in [2.75, 3.05) is 38.2 Å². The Bertz CT molecular complexity index is 1450. The van der Waals surface area contributed by atoms with E-state index in [4.69, 9.17) is 9.72 Å². The van der Waals surface area contributed by atoms with Crippen LogP contribution in [0.3, 0.4) is 0 Å². The highest BCUT2D eigenvalue weighted by Gasteiger charge is 2.25. The number of carbonyl (C=O) groups is 1. The molecule has 0 atom stereocenters. The Morgan fingerprint density at radius 3 is 2.62 bits per heavy atom. The summed E-state index contributed by atoms with van der Waals surface area (Å²) in [6.45, 7) is 6.68. The number of fused-ring (bicyclic) bond motifs is 1. The van der Waals surface area contributed by atoms with Crippen LogP contribution in [0.1, 0.15) is 32.3 Å². The molecule has 4 aromatic heterocycles. The highest BCUT2D eigenvalue weighted by Crippen LogP contribution is 2.32. The van der Waals surface area contributed by atoms with Crippen molar-refractivity contribution in [3.63, 3.8) is 0 Å². The molecule has 5 heterocycles. The molecule has 0 aromatic carbocycles. The molecule has 1 fully saturated rings. The fraction of sp³-hybridized carbons (Fsp3) is 0.414. The second kappa shape index (κ2) is 11.8. The first-order valence-corrected chi connectivity index (χ1v) is 13.5. The molecule has 0 bridgehead atoms. The molecule has 4 aromatic rings. The van der Waals surface area contributed by atoms with Gasteiger partial charge in [-0.2, -0.15) is 10.2 Å². The van der Waals surface area contributed by atoms with Gasteiger partial charge in [-0.05, 0) is 44.9 Å². The van der Waals surface area contributed by atoms with Crippen molar-refractivity contribution in [3.8, 4) is 22.3 Å². The first-order chi connectivity index (χ1) is 18.9. The van der Waals surface area contributed by atoms with Gasteiger partial charge in [-0.3, -0.25) is 14.5 Å². The molecule has 10 nitrogen and oxygen atoms in total. The number of carbonyl (C=O) groups excluding carboxylic acids is 1. The predicted molar refractivity (Wildman–Crippen MR) is 153 cm³/mol. The fourth-order valence-corrected chi connectivity index (χ4v) is 5.04. The van der Waals surface area contributed by atoms with E-state index in [1.165, 1.54) is 0 Å². The second-order valence-corrected chi connectivity index (χ2v) is 10.2. The number of rotatable bonds is 9. The molecule has 1 N–H and O–H groups in total. The highest BCUT2D eigenvalue weighted by atomic mass is 16.5. The van der Waals surface area contributed by atoms with Crippen molar-refractivity contribution < 1.29 is 9.53 Å². The van der Waals surface area contributed by atoms with E-state index in [1.54, 1.807) is 11.7 Å². The van der Waals surface area contributed by atoms with Crippen LogP contribution in [0, 0.1) is 5.92 Å². The van der Waals surface area contributed by atoms with Gasteiger partial charge in [-0.1, -0.05) is 0 Å². The van der Waals surface area contributed by atoms with Gasteiger partial charge in [-0.15, -0.1) is 0 Å². The van der Waals surface area contributed by atoms with Crippen molar-refractivity contribution in [1.82, 2.24) is 29.7 Å². The lowest BCUT2D eigenvalue weighted by atomic mass is 9.96. The lowest BCUT2D eigenvalue weighted by Crippen LogP contribution is -2.41. The standard InChI is InChI=1S/C29H36N8O2/c1-20(2)39-12-9-31-29(38)21-7-10-36(11-8-21)27-6-5-22(15-32-27)26-13-23(25-17-33-35(4)18-25)19-37-28(26)24(14-30-3)16-34-37/h5-6,13-21H,7-12H2,1-4H3,(H,31,38). The summed E-state index contributed by atoms with van der Waals surface area (Å²) in [5.74, 6) is 1.07. The average Bonchev–Trinajstić information content (AvgIpc) is 3.57. The maximum absolute atomic E-state index is 12.6. The number of anilines is 1. The van der Waals surface area contributed by atoms with Crippen LogP contribution >= 0.6 is 0 Å². The number of nitrogens with one attached hydrogen (secondary N) is 1. The number of piperidine rings is 1. The minimum atomic E-state index is 0.0311. The van der Waals surface area contributed by atoms with E-state index in [9.17, 15) is 4.79 Å². The molecule has 1 saturated heterocycles. The summed E-state index contributed by atoms with van der Waals surface area (Å²) in [4.78, 5) is 23.9. The third kappa shape index (κ3) is 6.01. The van der Waals surface area contributed by atoms with E-state index in [2.05, 4.69) is 43.6 Å². The van der Waals surface area contributed by atoms with E-state index >= 15 is 0 Å². The van der Waals surface area contributed by atoms with Gasteiger partial charge >= 0.3 is 0 Å². The topological polar surface area (TPSA) is 102 Å². The molecule has 10 heteroatoms. The number of amides is 1. The molecule has 0 unspecified atom stereocenters. The average molecular weight is 529 g/mol. The minimum absolute atomic E-state index is 0.0311. The van der Waals surface area contributed by atoms with Gasteiger partial charge in [0.05, 0.1) is 30.6 Å². The van der Waals surface area contributed by atoms with Crippen LogP contribution in [0.15, 0.2) is 54.2 Å². The van der Waals surface area contributed by atoms with Crippen molar-refractivity contribution in [3.05, 3.63) is 54.7 Å². The molecule has 0 aliphatic carbocycles. The zero-order chi connectivity index (χ0) is 27.4. The zero-order valence-corrected chi connectivity index (χ0v) is 23.0. The van der Waals surface area contributed by atoms with Gasteiger partial charge in [-0.25, -0.2) is 9.50 Å². The van der Waals surface area contributed by atoms with Crippen LogP contribution in [-0.2, 0) is 16.6 Å². The first-order valence-electron chi connectivity index (χ1n) is 13.5. The molecule has 0 saturated carbocycles. The summed E-state index contributed by atoms with van der Waals surface area (Å²) in [5, 5.41) is 11.9. The van der Waals surface area contributed by atoms with Crippen LogP contribution in [0.2, 0.25) is 0 Å². The van der Waals surface area contributed by atoms with Crippen molar-refractivity contribution in [2.24, 2.45) is 18.0 Å². The molecule has 39 heavy (non-hydrogen) atoms. The number of hydrogen-bond donors (Lipinski definition) is 1. The van der Waals surface area contributed by atoms with E-state index < -0.39 is 0 Å². The summed E-state index contributed by atoms with van der Waals surface area (Å²) >= 11 is 0. The summed E-state index contributed by atoms with van der Waals surface area (Å²) in [5.41, 5.74) is 6.00. The van der Waals surface area contributed by atoms with Crippen LogP contribution in [0.25, 0.3) is 27.8 Å². The molecule has 0 radical (unpaired) electrons. The molecule has 1 amide bonds. The monoisotopic (exact) mass is 528 g/mol. The minimum Gasteiger partial charge on any atom is -0.377 e. The molecule has 1 aliphatic rings. The Balaban J connectivity index is 1.32. The lowest BCUT2D eigenvalue weighted by Gasteiger charge is -2.32. The third-order valence-electron chi connectivity index (χ3n) is 7.05. The van der Waals surface area contributed by atoms with E-state index in [-0.39, 0.29) is 17.9 Å². The van der Waals surface area contributed by atoms with Crippen LogP contribution in [-0.4, -0.2) is 75.9 Å². The van der Waals surface area contributed by atoms with Gasteiger partial charge in [0.2, 0.25) is 5.91 Å². The number of aliphatic imine (C=N–C) groups is 1. The first kappa shape index (κ1) is 26.6. The van der Waals surface area contributed by atoms with Crippen LogP contribution in [0.5, 0.6) is 0 Å².